The number of rotatable bonds is 0. The Labute approximate surface area is 87.5 Å². The predicted octanol–water partition coefficient (Wildman–Crippen LogP) is 3.06. The topological polar surface area (TPSA) is 12.0 Å². The number of benzene rings is 1. The van der Waals surface area contributed by atoms with Gasteiger partial charge < -0.3 is 5.32 Å². The summed E-state index contributed by atoms with van der Waals surface area (Å²) in [6.45, 7) is 8.38. The van der Waals surface area contributed by atoms with Gasteiger partial charge in [0.25, 0.3) is 0 Å². The molecule has 1 heterocycles. The molecule has 14 heavy (non-hydrogen) atoms. The average Bonchev–Trinajstić information content (AvgIpc) is 2.45. The summed E-state index contributed by atoms with van der Waals surface area (Å²) in [4.78, 5) is 0. The summed E-state index contributed by atoms with van der Waals surface area (Å²) < 4.78 is 0. The summed E-state index contributed by atoms with van der Waals surface area (Å²) in [5.41, 5.74) is 4.41. The lowest BCUT2D eigenvalue weighted by Gasteiger charge is -2.05. The van der Waals surface area contributed by atoms with Crippen molar-refractivity contribution in [3.8, 4) is 0 Å². The van der Waals surface area contributed by atoms with E-state index in [2.05, 4.69) is 30.4 Å². The molecule has 1 aromatic carbocycles. The molecule has 0 amide bonds. The number of hydrogen-bond acceptors (Lipinski definition) is 1. The molecule has 1 heteroatoms. The van der Waals surface area contributed by atoms with E-state index in [1.807, 2.05) is 13.8 Å². The van der Waals surface area contributed by atoms with Crippen molar-refractivity contribution in [2.75, 3.05) is 6.54 Å². The summed E-state index contributed by atoms with van der Waals surface area (Å²) in [6.07, 6.45) is 2.51. The van der Waals surface area contributed by atoms with Gasteiger partial charge in [-0.2, -0.15) is 0 Å². The van der Waals surface area contributed by atoms with E-state index in [-0.39, 0.29) is 0 Å². The number of hydrogen-bond donors (Lipinski definition) is 1. The summed E-state index contributed by atoms with van der Waals surface area (Å²) in [6, 6.07) is 6.77. The Morgan fingerprint density at radius 1 is 1.14 bits per heavy atom. The second kappa shape index (κ2) is 5.82. The van der Waals surface area contributed by atoms with Crippen molar-refractivity contribution in [1.29, 1.82) is 0 Å². The highest BCUT2D eigenvalue weighted by Crippen LogP contribution is 2.15. The summed E-state index contributed by atoms with van der Waals surface area (Å²) >= 11 is 0. The molecule has 0 atom stereocenters. The number of fused-ring (bicyclic) bond motifs is 1. The first kappa shape index (κ1) is 11.3. The van der Waals surface area contributed by atoms with E-state index in [1.54, 1.807) is 5.56 Å². The maximum Gasteiger partial charge on any atom is 0.0208 e. The summed E-state index contributed by atoms with van der Waals surface area (Å²) in [5, 5.41) is 3.42. The van der Waals surface area contributed by atoms with Gasteiger partial charge in [0.15, 0.2) is 0 Å². The van der Waals surface area contributed by atoms with Crippen LogP contribution in [0.5, 0.6) is 0 Å². The minimum absolute atomic E-state index is 1.05. The van der Waals surface area contributed by atoms with Gasteiger partial charge in [-0.25, -0.2) is 0 Å². The second-order valence-electron chi connectivity index (χ2n) is 3.55. The van der Waals surface area contributed by atoms with Crippen LogP contribution in [-0.2, 0) is 13.0 Å². The Hall–Kier alpha value is -0.820. The fraction of sp³-hybridized carbons (Fsp3) is 0.538. The number of nitrogens with one attached hydrogen (secondary N) is 1. The van der Waals surface area contributed by atoms with Crippen LogP contribution in [0.2, 0.25) is 0 Å². The van der Waals surface area contributed by atoms with Gasteiger partial charge in [0.1, 0.15) is 0 Å². The van der Waals surface area contributed by atoms with E-state index in [0.29, 0.717) is 0 Å². The Morgan fingerprint density at radius 3 is 2.71 bits per heavy atom. The molecule has 0 saturated heterocycles. The van der Waals surface area contributed by atoms with Gasteiger partial charge >= 0.3 is 0 Å². The number of aryl methyl sites for hydroxylation is 2. The van der Waals surface area contributed by atoms with Gasteiger partial charge in [-0.3, -0.25) is 0 Å². The van der Waals surface area contributed by atoms with E-state index in [0.717, 1.165) is 13.1 Å². The van der Waals surface area contributed by atoms with Crippen LogP contribution in [0, 0.1) is 6.92 Å². The molecule has 0 aromatic heterocycles. The van der Waals surface area contributed by atoms with Crippen LogP contribution >= 0.6 is 0 Å². The third-order valence-electron chi connectivity index (χ3n) is 2.48. The zero-order chi connectivity index (χ0) is 10.4. The van der Waals surface area contributed by atoms with Crippen LogP contribution in [0.1, 0.15) is 37.0 Å². The van der Waals surface area contributed by atoms with E-state index >= 15 is 0 Å². The van der Waals surface area contributed by atoms with Gasteiger partial charge in [-0.05, 0) is 37.4 Å². The minimum Gasteiger partial charge on any atom is -0.313 e. The van der Waals surface area contributed by atoms with E-state index in [1.165, 1.54) is 24.0 Å². The molecule has 0 aliphatic carbocycles. The molecule has 1 nitrogen and oxygen atoms in total. The van der Waals surface area contributed by atoms with E-state index < -0.39 is 0 Å². The summed E-state index contributed by atoms with van der Waals surface area (Å²) in [5.74, 6) is 0. The molecule has 0 radical (unpaired) electrons. The minimum atomic E-state index is 1.05. The van der Waals surface area contributed by atoms with Gasteiger partial charge in [0.05, 0.1) is 0 Å². The maximum atomic E-state index is 3.42. The lowest BCUT2D eigenvalue weighted by atomic mass is 10.0. The zero-order valence-corrected chi connectivity index (χ0v) is 9.56. The molecule has 0 fully saturated rings. The molecule has 1 aromatic rings. The lowest BCUT2D eigenvalue weighted by Crippen LogP contribution is -2.11. The van der Waals surface area contributed by atoms with Crippen molar-refractivity contribution in [2.45, 2.75) is 40.2 Å². The fourth-order valence-corrected chi connectivity index (χ4v) is 1.79. The Bertz CT molecular complexity index is 279. The van der Waals surface area contributed by atoms with Crippen LogP contribution in [0.3, 0.4) is 0 Å². The molecule has 78 valence electrons. The van der Waals surface area contributed by atoms with Crippen molar-refractivity contribution >= 4 is 0 Å². The SMILES string of the molecule is CC.Cc1ccc2c(c1)CCCNC2. The predicted molar refractivity (Wildman–Crippen MR) is 62.6 cm³/mol. The van der Waals surface area contributed by atoms with Crippen molar-refractivity contribution in [2.24, 2.45) is 0 Å². The van der Waals surface area contributed by atoms with Gasteiger partial charge in [0.2, 0.25) is 0 Å². The van der Waals surface area contributed by atoms with Crippen molar-refractivity contribution in [1.82, 2.24) is 5.32 Å². The molecule has 1 aliphatic heterocycles. The molecule has 1 aliphatic rings. The van der Waals surface area contributed by atoms with E-state index in [9.17, 15) is 0 Å². The standard InChI is InChI=1S/C11H15N.C2H6/c1-9-4-5-11-8-12-6-2-3-10(11)7-9;1-2/h4-5,7,12H,2-3,6,8H2,1H3;1-2H3. The third kappa shape index (κ3) is 2.85. The Kier molecular flexibility index (Phi) is 4.68. The molecule has 1 N–H and O–H groups in total. The molecule has 2 rings (SSSR count). The van der Waals surface area contributed by atoms with Crippen LogP contribution in [-0.4, -0.2) is 6.54 Å². The lowest BCUT2D eigenvalue weighted by molar-refractivity contribution is 0.681. The van der Waals surface area contributed by atoms with Crippen LogP contribution in [0.25, 0.3) is 0 Å². The smallest absolute Gasteiger partial charge is 0.0208 e. The van der Waals surface area contributed by atoms with E-state index in [4.69, 9.17) is 0 Å². The van der Waals surface area contributed by atoms with Gasteiger partial charge in [0, 0.05) is 6.54 Å². The third-order valence-corrected chi connectivity index (χ3v) is 2.48. The van der Waals surface area contributed by atoms with Crippen molar-refractivity contribution < 1.29 is 0 Å². The van der Waals surface area contributed by atoms with Crippen LogP contribution in [0.4, 0.5) is 0 Å². The first-order valence-electron chi connectivity index (χ1n) is 5.65. The maximum absolute atomic E-state index is 3.42. The van der Waals surface area contributed by atoms with Gasteiger partial charge in [-0.1, -0.05) is 37.6 Å². The monoisotopic (exact) mass is 191 g/mol. The molecule has 0 bridgehead atoms. The highest BCUT2D eigenvalue weighted by molar-refractivity contribution is 5.32. The molecular formula is C13H21N. The quantitative estimate of drug-likeness (QED) is 0.664. The Morgan fingerprint density at radius 2 is 1.93 bits per heavy atom. The Balaban J connectivity index is 0.000000461. The zero-order valence-electron chi connectivity index (χ0n) is 9.56. The average molecular weight is 191 g/mol. The van der Waals surface area contributed by atoms with Crippen LogP contribution < -0.4 is 5.32 Å². The summed E-state index contributed by atoms with van der Waals surface area (Å²) in [7, 11) is 0. The second-order valence-corrected chi connectivity index (χ2v) is 3.55. The first-order chi connectivity index (χ1) is 6.86. The molecule has 0 spiro atoms. The largest absolute Gasteiger partial charge is 0.313 e. The first-order valence-corrected chi connectivity index (χ1v) is 5.65. The highest BCUT2D eigenvalue weighted by atomic mass is 14.8. The normalized spacial score (nSPS) is 14.8. The molecule has 0 saturated carbocycles. The highest BCUT2D eigenvalue weighted by Gasteiger charge is 2.05. The molecular weight excluding hydrogens is 170 g/mol. The molecule has 0 unspecified atom stereocenters. The fourth-order valence-electron chi connectivity index (χ4n) is 1.79. The van der Waals surface area contributed by atoms with Crippen molar-refractivity contribution in [3.63, 3.8) is 0 Å². The van der Waals surface area contributed by atoms with Crippen LogP contribution in [0.15, 0.2) is 18.2 Å². The van der Waals surface area contributed by atoms with Crippen molar-refractivity contribution in [3.05, 3.63) is 34.9 Å². The van der Waals surface area contributed by atoms with Gasteiger partial charge in [-0.15, -0.1) is 0 Å².